The van der Waals surface area contributed by atoms with Gasteiger partial charge in [-0.15, -0.1) is 0 Å². The van der Waals surface area contributed by atoms with Crippen molar-refractivity contribution in [1.29, 1.82) is 0 Å². The Labute approximate surface area is 202 Å². The third-order valence-corrected chi connectivity index (χ3v) is 8.76. The molecule has 0 spiro atoms. The van der Waals surface area contributed by atoms with E-state index in [4.69, 9.17) is 9.47 Å². The van der Waals surface area contributed by atoms with Crippen molar-refractivity contribution in [1.82, 2.24) is 9.62 Å². The zero-order valence-corrected chi connectivity index (χ0v) is 20.7. The Bertz CT molecular complexity index is 1080. The van der Waals surface area contributed by atoms with E-state index in [-0.39, 0.29) is 24.0 Å². The lowest BCUT2D eigenvalue weighted by atomic mass is 9.96. The summed E-state index contributed by atoms with van der Waals surface area (Å²) in [6.07, 6.45) is 5.79. The van der Waals surface area contributed by atoms with Crippen molar-refractivity contribution in [3.63, 3.8) is 0 Å². The number of rotatable bonds is 8. The summed E-state index contributed by atoms with van der Waals surface area (Å²) in [6, 6.07) is 14.0. The SMILES string of the molecule is COc1cc(C(C)NC(=O)C2CCN(S(=O)(=O)c3ccccc3)CC2)ccc1OC1CCCC1. The monoisotopic (exact) mass is 486 g/mol. The van der Waals surface area contributed by atoms with Gasteiger partial charge in [0.15, 0.2) is 11.5 Å². The second kappa shape index (κ2) is 10.8. The van der Waals surface area contributed by atoms with Crippen molar-refractivity contribution in [2.45, 2.75) is 62.5 Å². The van der Waals surface area contributed by atoms with E-state index < -0.39 is 10.0 Å². The molecule has 8 heteroatoms. The molecule has 1 atom stereocenters. The van der Waals surface area contributed by atoms with Gasteiger partial charge in [0.05, 0.1) is 24.2 Å². The molecule has 2 aromatic carbocycles. The van der Waals surface area contributed by atoms with E-state index in [1.54, 1.807) is 37.4 Å². The summed E-state index contributed by atoms with van der Waals surface area (Å²) in [7, 11) is -1.90. The fourth-order valence-corrected chi connectivity index (χ4v) is 6.24. The molecular weight excluding hydrogens is 452 g/mol. The van der Waals surface area contributed by atoms with E-state index in [0.29, 0.717) is 36.6 Å². The van der Waals surface area contributed by atoms with E-state index in [0.717, 1.165) is 24.2 Å². The second-order valence-corrected chi connectivity index (χ2v) is 11.1. The summed E-state index contributed by atoms with van der Waals surface area (Å²) >= 11 is 0. The molecule has 34 heavy (non-hydrogen) atoms. The topological polar surface area (TPSA) is 84.9 Å². The maximum atomic E-state index is 12.9. The van der Waals surface area contributed by atoms with Crippen molar-refractivity contribution in [2.75, 3.05) is 20.2 Å². The molecular formula is C26H34N2O5S. The Morgan fingerprint density at radius 1 is 1.00 bits per heavy atom. The van der Waals surface area contributed by atoms with Crippen LogP contribution in [0.15, 0.2) is 53.4 Å². The van der Waals surface area contributed by atoms with Crippen molar-refractivity contribution in [2.24, 2.45) is 5.92 Å². The molecule has 1 amide bonds. The molecule has 2 fully saturated rings. The van der Waals surface area contributed by atoms with Crippen LogP contribution in [0.5, 0.6) is 11.5 Å². The first-order chi connectivity index (χ1) is 16.4. The van der Waals surface area contributed by atoms with Crippen molar-refractivity contribution < 1.29 is 22.7 Å². The van der Waals surface area contributed by atoms with Gasteiger partial charge in [-0.3, -0.25) is 4.79 Å². The van der Waals surface area contributed by atoms with Gasteiger partial charge >= 0.3 is 0 Å². The van der Waals surface area contributed by atoms with Gasteiger partial charge in [-0.05, 0) is 75.3 Å². The number of amides is 1. The molecule has 1 aliphatic heterocycles. The molecule has 2 aromatic rings. The Balaban J connectivity index is 1.33. The second-order valence-electron chi connectivity index (χ2n) is 9.16. The fourth-order valence-electron chi connectivity index (χ4n) is 4.75. The predicted molar refractivity (Wildman–Crippen MR) is 130 cm³/mol. The summed E-state index contributed by atoms with van der Waals surface area (Å²) in [6.45, 7) is 2.62. The highest BCUT2D eigenvalue weighted by molar-refractivity contribution is 7.89. The highest BCUT2D eigenvalue weighted by atomic mass is 32.2. The number of nitrogens with one attached hydrogen (secondary N) is 1. The molecule has 2 aliphatic rings. The van der Waals surface area contributed by atoms with Crippen LogP contribution in [-0.4, -0.2) is 44.9 Å². The lowest BCUT2D eigenvalue weighted by Gasteiger charge is -2.31. The minimum Gasteiger partial charge on any atom is -0.493 e. The predicted octanol–water partition coefficient (Wildman–Crippen LogP) is 4.29. The third kappa shape index (κ3) is 5.55. The highest BCUT2D eigenvalue weighted by Crippen LogP contribution is 2.34. The Kier molecular flexibility index (Phi) is 7.78. The Hall–Kier alpha value is -2.58. The van der Waals surface area contributed by atoms with E-state index in [1.807, 2.05) is 25.1 Å². The largest absolute Gasteiger partial charge is 0.493 e. The molecule has 1 N–H and O–H groups in total. The summed E-state index contributed by atoms with van der Waals surface area (Å²) in [4.78, 5) is 13.2. The number of ether oxygens (including phenoxy) is 2. The molecule has 0 bridgehead atoms. The molecule has 1 saturated carbocycles. The van der Waals surface area contributed by atoms with Crippen LogP contribution in [-0.2, 0) is 14.8 Å². The van der Waals surface area contributed by atoms with Crippen LogP contribution in [0, 0.1) is 5.92 Å². The number of carbonyl (C=O) groups is 1. The van der Waals surface area contributed by atoms with Crippen LogP contribution in [0.4, 0.5) is 0 Å². The Morgan fingerprint density at radius 2 is 1.68 bits per heavy atom. The zero-order chi connectivity index (χ0) is 24.1. The first-order valence-electron chi connectivity index (χ1n) is 12.1. The maximum Gasteiger partial charge on any atom is 0.243 e. The van der Waals surface area contributed by atoms with Gasteiger partial charge in [0.25, 0.3) is 0 Å². The van der Waals surface area contributed by atoms with Gasteiger partial charge in [0.1, 0.15) is 0 Å². The van der Waals surface area contributed by atoms with Crippen LogP contribution in [0.3, 0.4) is 0 Å². The smallest absolute Gasteiger partial charge is 0.243 e. The molecule has 1 saturated heterocycles. The molecule has 1 heterocycles. The number of benzene rings is 2. The standard InChI is InChI=1S/C26H34N2O5S/c1-19(21-12-13-24(25(18-21)32-2)33-22-8-6-7-9-22)27-26(29)20-14-16-28(17-15-20)34(30,31)23-10-4-3-5-11-23/h3-5,10-13,18-20,22H,6-9,14-17H2,1-2H3,(H,27,29). The summed E-state index contributed by atoms with van der Waals surface area (Å²) in [5.41, 5.74) is 0.938. The number of hydrogen-bond acceptors (Lipinski definition) is 5. The van der Waals surface area contributed by atoms with Crippen LogP contribution in [0.25, 0.3) is 0 Å². The van der Waals surface area contributed by atoms with Gasteiger partial charge < -0.3 is 14.8 Å². The first kappa shape index (κ1) is 24.5. The van der Waals surface area contributed by atoms with E-state index >= 15 is 0 Å². The molecule has 7 nitrogen and oxygen atoms in total. The fraction of sp³-hybridized carbons (Fsp3) is 0.500. The Morgan fingerprint density at radius 3 is 2.32 bits per heavy atom. The van der Waals surface area contributed by atoms with Crippen molar-refractivity contribution in [3.05, 3.63) is 54.1 Å². The highest BCUT2D eigenvalue weighted by Gasteiger charge is 2.32. The van der Waals surface area contributed by atoms with Gasteiger partial charge in [0.2, 0.25) is 15.9 Å². The zero-order valence-electron chi connectivity index (χ0n) is 19.9. The maximum absolute atomic E-state index is 12.9. The molecule has 184 valence electrons. The van der Waals surface area contributed by atoms with Crippen LogP contribution >= 0.6 is 0 Å². The van der Waals surface area contributed by atoms with Crippen molar-refractivity contribution >= 4 is 15.9 Å². The summed E-state index contributed by atoms with van der Waals surface area (Å²) in [5.74, 6) is 1.15. The van der Waals surface area contributed by atoms with Gasteiger partial charge in [-0.1, -0.05) is 24.3 Å². The first-order valence-corrected chi connectivity index (χ1v) is 13.5. The molecule has 1 unspecified atom stereocenters. The normalized spacial score (nSPS) is 19.0. The lowest BCUT2D eigenvalue weighted by Crippen LogP contribution is -2.43. The van der Waals surface area contributed by atoms with Crippen LogP contribution in [0.2, 0.25) is 0 Å². The number of methoxy groups -OCH3 is 1. The minimum atomic E-state index is -3.52. The molecule has 4 rings (SSSR count). The van der Waals surface area contributed by atoms with E-state index in [2.05, 4.69) is 5.32 Å². The van der Waals surface area contributed by atoms with Gasteiger partial charge in [-0.25, -0.2) is 8.42 Å². The number of hydrogen-bond donors (Lipinski definition) is 1. The summed E-state index contributed by atoms with van der Waals surface area (Å²) in [5, 5.41) is 3.09. The average molecular weight is 487 g/mol. The minimum absolute atomic E-state index is 0.0468. The van der Waals surface area contributed by atoms with Crippen LogP contribution < -0.4 is 14.8 Å². The van der Waals surface area contributed by atoms with E-state index in [1.165, 1.54) is 17.1 Å². The number of nitrogens with zero attached hydrogens (tertiary/aromatic N) is 1. The molecule has 0 radical (unpaired) electrons. The third-order valence-electron chi connectivity index (χ3n) is 6.85. The van der Waals surface area contributed by atoms with Crippen molar-refractivity contribution in [3.8, 4) is 11.5 Å². The van der Waals surface area contributed by atoms with Crippen LogP contribution in [0.1, 0.15) is 57.1 Å². The number of sulfonamides is 1. The number of carbonyl (C=O) groups excluding carboxylic acids is 1. The quantitative estimate of drug-likeness (QED) is 0.602. The summed E-state index contributed by atoms with van der Waals surface area (Å²) < 4.78 is 38.8. The average Bonchev–Trinajstić information content (AvgIpc) is 3.38. The number of piperidine rings is 1. The van der Waals surface area contributed by atoms with E-state index in [9.17, 15) is 13.2 Å². The lowest BCUT2D eigenvalue weighted by molar-refractivity contribution is -0.126. The molecule has 0 aromatic heterocycles. The van der Waals surface area contributed by atoms with Gasteiger partial charge in [-0.2, -0.15) is 4.31 Å². The van der Waals surface area contributed by atoms with Gasteiger partial charge in [0, 0.05) is 19.0 Å². The molecule has 1 aliphatic carbocycles.